The van der Waals surface area contributed by atoms with Crippen molar-refractivity contribution in [1.29, 1.82) is 0 Å². The Balaban J connectivity index is 2.66. The van der Waals surface area contributed by atoms with Crippen LogP contribution in [0.2, 0.25) is 0 Å². The summed E-state index contributed by atoms with van der Waals surface area (Å²) in [6.07, 6.45) is 2.45. The Labute approximate surface area is 118 Å². The molecule has 0 aromatic heterocycles. The van der Waals surface area contributed by atoms with Gasteiger partial charge in [-0.15, -0.1) is 0 Å². The Morgan fingerprint density at radius 2 is 1.80 bits per heavy atom. The van der Waals surface area contributed by atoms with Crippen LogP contribution in [-0.2, 0) is 9.59 Å². The van der Waals surface area contributed by atoms with Crippen molar-refractivity contribution in [3.05, 3.63) is 0 Å². The van der Waals surface area contributed by atoms with E-state index in [1.54, 1.807) is 13.8 Å². The van der Waals surface area contributed by atoms with E-state index in [1.165, 1.54) is 4.90 Å². The molecular weight excluding hydrogens is 262 g/mol. The van der Waals surface area contributed by atoms with Crippen LogP contribution in [0.5, 0.6) is 0 Å². The standard InChI is InChI=1S/C13H23N3O4/c1-3-14-10(17)9-16(4-2)12(20)15-13(11(18)19)7-5-6-8-13/h3-9H2,1-2H3,(H,14,17)(H,15,20)(H,18,19). The average molecular weight is 285 g/mol. The largest absolute Gasteiger partial charge is 0.480 e. The van der Waals surface area contributed by atoms with Gasteiger partial charge in [-0.1, -0.05) is 12.8 Å². The summed E-state index contributed by atoms with van der Waals surface area (Å²) in [7, 11) is 0. The fourth-order valence-corrected chi connectivity index (χ4v) is 2.41. The van der Waals surface area contributed by atoms with E-state index in [1.807, 2.05) is 0 Å². The van der Waals surface area contributed by atoms with Gasteiger partial charge >= 0.3 is 12.0 Å². The van der Waals surface area contributed by atoms with Crippen LogP contribution in [0, 0.1) is 0 Å². The van der Waals surface area contributed by atoms with Gasteiger partial charge in [-0.25, -0.2) is 9.59 Å². The summed E-state index contributed by atoms with van der Waals surface area (Å²) >= 11 is 0. The predicted molar refractivity (Wildman–Crippen MR) is 73.3 cm³/mol. The first-order valence-electron chi connectivity index (χ1n) is 7.02. The fraction of sp³-hybridized carbons (Fsp3) is 0.769. The quantitative estimate of drug-likeness (QED) is 0.663. The molecule has 0 heterocycles. The van der Waals surface area contributed by atoms with Crippen molar-refractivity contribution in [1.82, 2.24) is 15.5 Å². The van der Waals surface area contributed by atoms with E-state index < -0.39 is 17.5 Å². The molecule has 0 aromatic carbocycles. The Bertz CT molecular complexity index is 378. The normalized spacial score (nSPS) is 16.5. The molecule has 7 nitrogen and oxygen atoms in total. The smallest absolute Gasteiger partial charge is 0.329 e. The number of amides is 3. The lowest BCUT2D eigenvalue weighted by Crippen LogP contribution is -2.57. The molecule has 20 heavy (non-hydrogen) atoms. The van der Waals surface area contributed by atoms with E-state index in [0.29, 0.717) is 25.9 Å². The number of carboxylic acids is 1. The van der Waals surface area contributed by atoms with Gasteiger partial charge in [-0.2, -0.15) is 0 Å². The molecule has 0 radical (unpaired) electrons. The third kappa shape index (κ3) is 3.85. The average Bonchev–Trinajstić information content (AvgIpc) is 2.86. The summed E-state index contributed by atoms with van der Waals surface area (Å²) in [6.45, 7) is 4.33. The molecule has 7 heteroatoms. The molecule has 3 amide bonds. The molecule has 1 saturated carbocycles. The maximum Gasteiger partial charge on any atom is 0.329 e. The minimum Gasteiger partial charge on any atom is -0.480 e. The molecule has 1 aliphatic carbocycles. The minimum absolute atomic E-state index is 0.0636. The van der Waals surface area contributed by atoms with Gasteiger partial charge in [0.25, 0.3) is 0 Å². The molecule has 0 aromatic rings. The van der Waals surface area contributed by atoms with Gasteiger partial charge in [0.2, 0.25) is 5.91 Å². The molecule has 0 aliphatic heterocycles. The molecule has 0 bridgehead atoms. The zero-order valence-electron chi connectivity index (χ0n) is 12.1. The number of carboxylic acid groups (broad SMARTS) is 1. The maximum absolute atomic E-state index is 12.2. The van der Waals surface area contributed by atoms with Gasteiger partial charge in [0.15, 0.2) is 0 Å². The van der Waals surface area contributed by atoms with Crippen LogP contribution in [0.15, 0.2) is 0 Å². The van der Waals surface area contributed by atoms with E-state index in [2.05, 4.69) is 10.6 Å². The van der Waals surface area contributed by atoms with Crippen LogP contribution < -0.4 is 10.6 Å². The van der Waals surface area contributed by atoms with Crippen molar-refractivity contribution >= 4 is 17.9 Å². The minimum atomic E-state index is -1.17. The molecular formula is C13H23N3O4. The predicted octanol–water partition coefficient (Wildman–Crippen LogP) is 0.551. The number of urea groups is 1. The van der Waals surface area contributed by atoms with Crippen LogP contribution in [0.1, 0.15) is 39.5 Å². The topological polar surface area (TPSA) is 98.7 Å². The maximum atomic E-state index is 12.2. The number of aliphatic carboxylic acids is 1. The Kier molecular flexibility index (Phi) is 5.79. The highest BCUT2D eigenvalue weighted by molar-refractivity contribution is 5.89. The number of hydrogen-bond donors (Lipinski definition) is 3. The van der Waals surface area contributed by atoms with Crippen LogP contribution in [0.4, 0.5) is 4.79 Å². The summed E-state index contributed by atoms with van der Waals surface area (Å²) < 4.78 is 0. The second-order valence-corrected chi connectivity index (χ2v) is 4.99. The number of rotatable bonds is 6. The Morgan fingerprint density at radius 3 is 2.25 bits per heavy atom. The zero-order chi connectivity index (χ0) is 15.2. The van der Waals surface area contributed by atoms with Crippen molar-refractivity contribution in [3.8, 4) is 0 Å². The summed E-state index contributed by atoms with van der Waals surface area (Å²) in [5.41, 5.74) is -1.17. The highest BCUT2D eigenvalue weighted by Crippen LogP contribution is 2.30. The fourth-order valence-electron chi connectivity index (χ4n) is 2.41. The van der Waals surface area contributed by atoms with Gasteiger partial charge in [-0.05, 0) is 26.7 Å². The molecule has 0 spiro atoms. The second kappa shape index (κ2) is 7.12. The molecule has 0 atom stereocenters. The Morgan fingerprint density at radius 1 is 1.20 bits per heavy atom. The highest BCUT2D eigenvalue weighted by Gasteiger charge is 2.43. The number of carbonyl (C=O) groups excluding carboxylic acids is 2. The van der Waals surface area contributed by atoms with Crippen LogP contribution in [-0.4, -0.2) is 53.1 Å². The van der Waals surface area contributed by atoms with Gasteiger partial charge in [-0.3, -0.25) is 4.79 Å². The lowest BCUT2D eigenvalue weighted by molar-refractivity contribution is -0.144. The van der Waals surface area contributed by atoms with Crippen LogP contribution in [0.3, 0.4) is 0 Å². The number of carbonyl (C=O) groups is 3. The van der Waals surface area contributed by atoms with E-state index >= 15 is 0 Å². The summed E-state index contributed by atoms with van der Waals surface area (Å²) in [5.74, 6) is -1.25. The number of nitrogens with one attached hydrogen (secondary N) is 2. The first kappa shape index (κ1) is 16.3. The van der Waals surface area contributed by atoms with E-state index in [4.69, 9.17) is 0 Å². The number of nitrogens with zero attached hydrogens (tertiary/aromatic N) is 1. The second-order valence-electron chi connectivity index (χ2n) is 4.99. The number of hydrogen-bond acceptors (Lipinski definition) is 3. The SMILES string of the molecule is CCNC(=O)CN(CC)C(=O)NC1(C(=O)O)CCCC1. The summed E-state index contributed by atoms with van der Waals surface area (Å²) in [4.78, 5) is 36.4. The van der Waals surface area contributed by atoms with Gasteiger partial charge in [0.1, 0.15) is 12.1 Å². The first-order chi connectivity index (χ1) is 9.45. The monoisotopic (exact) mass is 285 g/mol. The molecule has 0 saturated heterocycles. The molecule has 1 rings (SSSR count). The third-order valence-electron chi connectivity index (χ3n) is 3.59. The summed E-state index contributed by atoms with van der Waals surface area (Å²) in [5, 5.41) is 14.5. The van der Waals surface area contributed by atoms with Crippen LogP contribution in [0.25, 0.3) is 0 Å². The van der Waals surface area contributed by atoms with Crippen molar-refractivity contribution < 1.29 is 19.5 Å². The molecule has 0 unspecified atom stereocenters. The van der Waals surface area contributed by atoms with Gasteiger partial charge < -0.3 is 20.6 Å². The summed E-state index contributed by atoms with van der Waals surface area (Å²) in [6, 6.07) is -0.497. The van der Waals surface area contributed by atoms with Crippen molar-refractivity contribution in [3.63, 3.8) is 0 Å². The molecule has 3 N–H and O–H groups in total. The highest BCUT2D eigenvalue weighted by atomic mass is 16.4. The van der Waals surface area contributed by atoms with Gasteiger partial charge in [0.05, 0.1) is 0 Å². The molecule has 114 valence electrons. The van der Waals surface area contributed by atoms with Crippen molar-refractivity contribution in [2.75, 3.05) is 19.6 Å². The molecule has 1 aliphatic rings. The first-order valence-corrected chi connectivity index (χ1v) is 7.02. The van der Waals surface area contributed by atoms with Crippen molar-refractivity contribution in [2.45, 2.75) is 45.1 Å². The van der Waals surface area contributed by atoms with E-state index in [9.17, 15) is 19.5 Å². The Hall–Kier alpha value is -1.79. The van der Waals surface area contributed by atoms with E-state index in [-0.39, 0.29) is 12.5 Å². The lowest BCUT2D eigenvalue weighted by Gasteiger charge is -2.29. The van der Waals surface area contributed by atoms with E-state index in [0.717, 1.165) is 12.8 Å². The third-order valence-corrected chi connectivity index (χ3v) is 3.59. The lowest BCUT2D eigenvalue weighted by atomic mass is 9.98. The van der Waals surface area contributed by atoms with Crippen LogP contribution >= 0.6 is 0 Å². The zero-order valence-corrected chi connectivity index (χ0v) is 12.1. The van der Waals surface area contributed by atoms with Crippen molar-refractivity contribution in [2.24, 2.45) is 0 Å². The molecule has 1 fully saturated rings. The number of likely N-dealkylation sites (N-methyl/N-ethyl adjacent to an activating group) is 2. The van der Waals surface area contributed by atoms with Gasteiger partial charge in [0, 0.05) is 13.1 Å².